The lowest BCUT2D eigenvalue weighted by Gasteiger charge is -2.19. The monoisotopic (exact) mass is 222 g/mol. The first kappa shape index (κ1) is 13.3. The molecule has 1 aromatic rings. The van der Waals surface area contributed by atoms with Gasteiger partial charge in [-0.3, -0.25) is 0 Å². The van der Waals surface area contributed by atoms with Crippen LogP contribution < -0.4 is 10.9 Å². The summed E-state index contributed by atoms with van der Waals surface area (Å²) in [4.78, 5) is 0. The second kappa shape index (κ2) is 4.59. The van der Waals surface area contributed by atoms with Crippen molar-refractivity contribution < 1.29 is 20.1 Å². The molecule has 1 rings (SSSR count). The second-order valence-electron chi connectivity index (χ2n) is 4.07. The molecule has 0 aromatic heterocycles. The highest BCUT2D eigenvalue weighted by molar-refractivity contribution is 6.62. The maximum Gasteiger partial charge on any atom is 0.488 e. The molecule has 4 N–H and O–H groups in total. The highest BCUT2D eigenvalue weighted by Crippen LogP contribution is 2.11. The smallest absolute Gasteiger partial charge is 0.423 e. The topological polar surface area (TPSA) is 80.9 Å². The van der Waals surface area contributed by atoms with Crippen LogP contribution in [0, 0.1) is 27.7 Å². The first-order valence-electron chi connectivity index (χ1n) is 5.11. The van der Waals surface area contributed by atoms with Gasteiger partial charge < -0.3 is 20.1 Å². The van der Waals surface area contributed by atoms with Crippen molar-refractivity contribution in [2.24, 2.45) is 0 Å². The first-order valence-corrected chi connectivity index (χ1v) is 5.11. The van der Waals surface area contributed by atoms with Gasteiger partial charge in [0, 0.05) is 0 Å². The van der Waals surface area contributed by atoms with Gasteiger partial charge in [-0.15, -0.1) is 0 Å². The molecule has 0 heterocycles. The van der Waals surface area contributed by atoms with Gasteiger partial charge in [-0.25, -0.2) is 0 Å². The second-order valence-corrected chi connectivity index (χ2v) is 4.07. The molecule has 1 aromatic carbocycles. The van der Waals surface area contributed by atoms with E-state index in [1.807, 2.05) is 0 Å². The van der Waals surface area contributed by atoms with Crippen molar-refractivity contribution in [2.75, 3.05) is 0 Å². The molecule has 0 bridgehead atoms. The van der Waals surface area contributed by atoms with Gasteiger partial charge in [-0.2, -0.15) is 0 Å². The Hall–Kier alpha value is -0.810. The van der Waals surface area contributed by atoms with E-state index >= 15 is 0 Å². The van der Waals surface area contributed by atoms with Crippen LogP contribution >= 0.6 is 0 Å². The van der Waals surface area contributed by atoms with E-state index in [0.717, 1.165) is 0 Å². The Morgan fingerprint density at radius 1 is 0.562 bits per heavy atom. The SMILES string of the molecule is Cc1c(C)c(B(O)O)c(C)c(C)c1B(O)O. The Labute approximate surface area is 95.9 Å². The maximum atomic E-state index is 9.29. The third-order valence-electron chi connectivity index (χ3n) is 3.26. The summed E-state index contributed by atoms with van der Waals surface area (Å²) in [7, 11) is -3.08. The van der Waals surface area contributed by atoms with Crippen LogP contribution in [-0.2, 0) is 0 Å². The van der Waals surface area contributed by atoms with Crippen LogP contribution in [0.1, 0.15) is 22.3 Å². The normalized spacial score (nSPS) is 10.5. The summed E-state index contributed by atoms with van der Waals surface area (Å²) in [6, 6.07) is 0. The molecule has 0 saturated heterocycles. The van der Waals surface area contributed by atoms with E-state index in [-0.39, 0.29) is 0 Å². The molecule has 0 spiro atoms. The van der Waals surface area contributed by atoms with Gasteiger partial charge in [0.25, 0.3) is 0 Å². The van der Waals surface area contributed by atoms with E-state index in [2.05, 4.69) is 0 Å². The standard InChI is InChI=1S/C10H16B2O4/c1-5-6(2)10(12(15)16)8(4)7(3)9(5)11(13)14/h13-16H,1-4H3. The summed E-state index contributed by atoms with van der Waals surface area (Å²) in [6.45, 7) is 6.95. The van der Waals surface area contributed by atoms with Crippen LogP contribution in [0.5, 0.6) is 0 Å². The van der Waals surface area contributed by atoms with Crippen LogP contribution in [0.4, 0.5) is 0 Å². The highest BCUT2D eigenvalue weighted by atomic mass is 16.4. The van der Waals surface area contributed by atoms with Gasteiger partial charge in [-0.1, -0.05) is 0 Å². The first-order chi connectivity index (χ1) is 7.29. The summed E-state index contributed by atoms with van der Waals surface area (Å²) in [6.07, 6.45) is 0. The van der Waals surface area contributed by atoms with Crippen molar-refractivity contribution in [3.8, 4) is 0 Å². The van der Waals surface area contributed by atoms with Crippen molar-refractivity contribution >= 4 is 25.2 Å². The molecule has 16 heavy (non-hydrogen) atoms. The molecule has 0 radical (unpaired) electrons. The van der Waals surface area contributed by atoms with E-state index in [1.165, 1.54) is 0 Å². The van der Waals surface area contributed by atoms with E-state index in [4.69, 9.17) is 0 Å². The maximum absolute atomic E-state index is 9.29. The van der Waals surface area contributed by atoms with Gasteiger partial charge in [0.15, 0.2) is 0 Å². The molecule has 0 atom stereocenters. The molecule has 0 fully saturated rings. The Morgan fingerprint density at radius 3 is 0.875 bits per heavy atom. The molecule has 0 amide bonds. The Morgan fingerprint density at radius 2 is 0.750 bits per heavy atom. The number of hydrogen-bond acceptors (Lipinski definition) is 4. The van der Waals surface area contributed by atoms with Gasteiger partial charge >= 0.3 is 14.2 Å². The molecule has 86 valence electrons. The van der Waals surface area contributed by atoms with Crippen LogP contribution in [0.3, 0.4) is 0 Å². The number of rotatable bonds is 2. The van der Waals surface area contributed by atoms with Crippen LogP contribution in [0.2, 0.25) is 0 Å². The average Bonchev–Trinajstić information content (AvgIpc) is 2.14. The van der Waals surface area contributed by atoms with Crippen LogP contribution in [0.15, 0.2) is 0 Å². The fraction of sp³-hybridized carbons (Fsp3) is 0.400. The number of hydrogen-bond donors (Lipinski definition) is 4. The van der Waals surface area contributed by atoms with Gasteiger partial charge in [0.05, 0.1) is 0 Å². The third kappa shape index (κ3) is 2.01. The summed E-state index contributed by atoms with van der Waals surface area (Å²) in [5.41, 5.74) is 3.61. The van der Waals surface area contributed by atoms with Crippen molar-refractivity contribution in [2.45, 2.75) is 27.7 Å². The van der Waals surface area contributed by atoms with E-state index in [9.17, 15) is 20.1 Å². The molecule has 0 aliphatic heterocycles. The predicted molar refractivity (Wildman–Crippen MR) is 65.0 cm³/mol. The molecule has 0 aliphatic carbocycles. The largest absolute Gasteiger partial charge is 0.488 e. The minimum atomic E-state index is -1.54. The van der Waals surface area contributed by atoms with E-state index in [1.54, 1.807) is 27.7 Å². The van der Waals surface area contributed by atoms with Crippen LogP contribution in [-0.4, -0.2) is 34.3 Å². The zero-order valence-electron chi connectivity index (χ0n) is 9.94. The third-order valence-corrected chi connectivity index (χ3v) is 3.26. The van der Waals surface area contributed by atoms with Crippen molar-refractivity contribution in [3.05, 3.63) is 22.3 Å². The highest BCUT2D eigenvalue weighted by Gasteiger charge is 2.26. The number of benzene rings is 1. The van der Waals surface area contributed by atoms with E-state index in [0.29, 0.717) is 33.2 Å². The lowest BCUT2D eigenvalue weighted by atomic mass is 9.65. The molecule has 0 aliphatic rings. The Bertz CT molecular complexity index is 348. The van der Waals surface area contributed by atoms with Gasteiger partial charge in [0.1, 0.15) is 0 Å². The van der Waals surface area contributed by atoms with Crippen molar-refractivity contribution in [1.82, 2.24) is 0 Å². The molecule has 6 heteroatoms. The zero-order chi connectivity index (χ0) is 12.6. The summed E-state index contributed by atoms with van der Waals surface area (Å²) < 4.78 is 0. The lowest BCUT2D eigenvalue weighted by molar-refractivity contribution is 0.422. The predicted octanol–water partition coefficient (Wildman–Crippen LogP) is -1.72. The van der Waals surface area contributed by atoms with Gasteiger partial charge in [-0.05, 0) is 60.9 Å². The fourth-order valence-corrected chi connectivity index (χ4v) is 2.15. The molecule has 0 unspecified atom stereocenters. The quantitative estimate of drug-likeness (QED) is 0.448. The Balaban J connectivity index is 3.63. The minimum Gasteiger partial charge on any atom is -0.423 e. The van der Waals surface area contributed by atoms with Crippen LogP contribution in [0.25, 0.3) is 0 Å². The van der Waals surface area contributed by atoms with Gasteiger partial charge in [0.2, 0.25) is 0 Å². The van der Waals surface area contributed by atoms with Crippen molar-refractivity contribution in [1.29, 1.82) is 0 Å². The lowest BCUT2D eigenvalue weighted by Crippen LogP contribution is -2.43. The summed E-state index contributed by atoms with van der Waals surface area (Å²) in [5.74, 6) is 0. The summed E-state index contributed by atoms with van der Waals surface area (Å²) in [5, 5.41) is 37.2. The Kier molecular flexibility index (Phi) is 3.80. The molecular formula is C10H16B2O4. The molecule has 0 saturated carbocycles. The van der Waals surface area contributed by atoms with E-state index < -0.39 is 14.2 Å². The van der Waals surface area contributed by atoms with Crippen molar-refractivity contribution in [3.63, 3.8) is 0 Å². The summed E-state index contributed by atoms with van der Waals surface area (Å²) >= 11 is 0. The zero-order valence-corrected chi connectivity index (χ0v) is 9.94. The molecular weight excluding hydrogens is 206 g/mol. The minimum absolute atomic E-state index is 0.444. The average molecular weight is 222 g/mol. The molecule has 4 nitrogen and oxygen atoms in total. The fourth-order valence-electron chi connectivity index (χ4n) is 2.15.